The van der Waals surface area contributed by atoms with Gasteiger partial charge in [0, 0.05) is 18.6 Å². The topological polar surface area (TPSA) is 94.0 Å². The van der Waals surface area contributed by atoms with E-state index in [2.05, 4.69) is 20.1 Å². The predicted molar refractivity (Wildman–Crippen MR) is 99.6 cm³/mol. The molecule has 0 aliphatic rings. The maximum absolute atomic E-state index is 14.3. The van der Waals surface area contributed by atoms with Crippen LogP contribution in [0, 0.1) is 12.3 Å². The van der Waals surface area contributed by atoms with Gasteiger partial charge in [-0.2, -0.15) is 9.61 Å². The molecule has 0 unspecified atom stereocenters. The van der Waals surface area contributed by atoms with Gasteiger partial charge in [0.15, 0.2) is 5.75 Å². The molecule has 0 radical (unpaired) electrons. The van der Waals surface area contributed by atoms with Crippen molar-refractivity contribution in [3.63, 3.8) is 0 Å². The molecule has 1 N–H and O–H groups in total. The van der Waals surface area contributed by atoms with Gasteiger partial charge in [-0.25, -0.2) is 19.3 Å². The molecular formula is C18H20FN7O. The fraction of sp³-hybridized carbons (Fsp3) is 0.278. The molecule has 3 aromatic rings. The van der Waals surface area contributed by atoms with Crippen molar-refractivity contribution in [2.75, 3.05) is 6.61 Å². The van der Waals surface area contributed by atoms with E-state index in [1.807, 2.05) is 6.92 Å². The van der Waals surface area contributed by atoms with Crippen LogP contribution in [0.5, 0.6) is 5.75 Å². The number of hydrogen-bond acceptors (Lipinski definition) is 6. The van der Waals surface area contributed by atoms with Gasteiger partial charge < -0.3 is 14.7 Å². The Morgan fingerprint density at radius 1 is 1.37 bits per heavy atom. The van der Waals surface area contributed by atoms with Gasteiger partial charge in [-0.3, -0.25) is 0 Å². The number of halogens is 1. The van der Waals surface area contributed by atoms with Crippen molar-refractivity contribution in [1.29, 1.82) is 5.41 Å². The molecule has 3 rings (SSSR count). The number of rotatable bonds is 7. The molecule has 140 valence electrons. The molecule has 3 aromatic heterocycles. The summed E-state index contributed by atoms with van der Waals surface area (Å²) in [4.78, 5) is 13.0. The molecule has 0 aromatic carbocycles. The fourth-order valence-corrected chi connectivity index (χ4v) is 2.70. The van der Waals surface area contributed by atoms with Crippen molar-refractivity contribution in [1.82, 2.24) is 29.1 Å². The van der Waals surface area contributed by atoms with Crippen molar-refractivity contribution in [2.45, 2.75) is 27.3 Å². The summed E-state index contributed by atoms with van der Waals surface area (Å²) in [5.41, 5.74) is 1.28. The van der Waals surface area contributed by atoms with E-state index in [0.29, 0.717) is 35.3 Å². The van der Waals surface area contributed by atoms with Crippen LogP contribution in [0.4, 0.5) is 4.39 Å². The lowest BCUT2D eigenvalue weighted by molar-refractivity contribution is 0.335. The van der Waals surface area contributed by atoms with E-state index in [-0.39, 0.29) is 12.1 Å². The third-order valence-electron chi connectivity index (χ3n) is 3.81. The molecule has 0 spiro atoms. The van der Waals surface area contributed by atoms with Gasteiger partial charge >= 0.3 is 0 Å². The van der Waals surface area contributed by atoms with Crippen molar-refractivity contribution in [3.05, 3.63) is 54.0 Å². The SMILES string of the molecule is CC=CC(F)=C(C=N)c1nccn1Cc1ncn2nc(C)nc2c1OCC. The molecule has 8 nitrogen and oxygen atoms in total. The molecule has 27 heavy (non-hydrogen) atoms. The van der Waals surface area contributed by atoms with Crippen LogP contribution in [0.2, 0.25) is 0 Å². The average Bonchev–Trinajstić information content (AvgIpc) is 3.24. The van der Waals surface area contributed by atoms with Gasteiger partial charge in [-0.05, 0) is 26.8 Å². The molecule has 0 bridgehead atoms. The summed E-state index contributed by atoms with van der Waals surface area (Å²) in [7, 11) is 0. The number of nitrogens with zero attached hydrogens (tertiary/aromatic N) is 6. The molecule has 0 saturated carbocycles. The highest BCUT2D eigenvalue weighted by Crippen LogP contribution is 2.25. The third-order valence-corrected chi connectivity index (χ3v) is 3.81. The van der Waals surface area contributed by atoms with Crippen molar-refractivity contribution in [3.8, 4) is 5.75 Å². The first kappa shape index (κ1) is 18.4. The Kier molecular flexibility index (Phi) is 5.39. The summed E-state index contributed by atoms with van der Waals surface area (Å²) >= 11 is 0. The van der Waals surface area contributed by atoms with Crippen LogP contribution >= 0.6 is 0 Å². The first-order valence-corrected chi connectivity index (χ1v) is 8.47. The van der Waals surface area contributed by atoms with Gasteiger partial charge in [0.05, 0.1) is 18.7 Å². The largest absolute Gasteiger partial charge is 0.488 e. The predicted octanol–water partition coefficient (Wildman–Crippen LogP) is 2.98. The second-order valence-corrected chi connectivity index (χ2v) is 5.67. The Labute approximate surface area is 155 Å². The Hall–Kier alpha value is -3.36. The second-order valence-electron chi connectivity index (χ2n) is 5.67. The average molecular weight is 369 g/mol. The normalized spacial score (nSPS) is 12.6. The fourth-order valence-electron chi connectivity index (χ4n) is 2.70. The highest BCUT2D eigenvalue weighted by Gasteiger charge is 2.17. The second kappa shape index (κ2) is 7.90. The number of nitrogens with one attached hydrogen (secondary N) is 1. The highest BCUT2D eigenvalue weighted by molar-refractivity contribution is 6.08. The Bertz CT molecular complexity index is 1030. The highest BCUT2D eigenvalue weighted by atomic mass is 19.1. The summed E-state index contributed by atoms with van der Waals surface area (Å²) in [5, 5.41) is 11.8. The zero-order valence-electron chi connectivity index (χ0n) is 15.3. The first-order chi connectivity index (χ1) is 13.1. The van der Waals surface area contributed by atoms with Crippen molar-refractivity contribution in [2.24, 2.45) is 0 Å². The van der Waals surface area contributed by atoms with Crippen LogP contribution in [-0.4, -0.2) is 42.0 Å². The molecule has 0 amide bonds. The van der Waals surface area contributed by atoms with Crippen LogP contribution in [0.25, 0.3) is 11.2 Å². The van der Waals surface area contributed by atoms with E-state index >= 15 is 0 Å². The molecule has 0 aliphatic heterocycles. The summed E-state index contributed by atoms with van der Waals surface area (Å²) in [6.07, 6.45) is 8.66. The number of imidazole rings is 1. The Morgan fingerprint density at radius 2 is 2.19 bits per heavy atom. The quantitative estimate of drug-likeness (QED) is 0.510. The van der Waals surface area contributed by atoms with E-state index < -0.39 is 5.83 Å². The number of aromatic nitrogens is 6. The standard InChI is InChI=1S/C18H20FN7O/c1-4-6-14(19)13(9-20)17-21-7-8-25(17)10-15-16(27-5-2)18-23-12(3)24-26(18)11-22-15/h4,6-9,11,20H,5,10H2,1-3H3. The summed E-state index contributed by atoms with van der Waals surface area (Å²) < 4.78 is 23.3. The van der Waals surface area contributed by atoms with Gasteiger partial charge in [0.25, 0.3) is 0 Å². The van der Waals surface area contributed by atoms with E-state index in [1.165, 1.54) is 6.08 Å². The minimum absolute atomic E-state index is 0.0930. The summed E-state index contributed by atoms with van der Waals surface area (Å²) in [6.45, 7) is 6.11. The van der Waals surface area contributed by atoms with E-state index in [4.69, 9.17) is 10.1 Å². The monoisotopic (exact) mass is 369 g/mol. The zero-order valence-corrected chi connectivity index (χ0v) is 15.3. The lowest BCUT2D eigenvalue weighted by Gasteiger charge is -2.12. The summed E-state index contributed by atoms with van der Waals surface area (Å²) in [6, 6.07) is 0. The smallest absolute Gasteiger partial charge is 0.201 e. The van der Waals surface area contributed by atoms with Gasteiger partial charge in [-0.15, -0.1) is 0 Å². The third kappa shape index (κ3) is 3.62. The lowest BCUT2D eigenvalue weighted by atomic mass is 10.2. The van der Waals surface area contributed by atoms with Gasteiger partial charge in [-0.1, -0.05) is 6.08 Å². The van der Waals surface area contributed by atoms with Crippen LogP contribution in [0.1, 0.15) is 31.2 Å². The molecule has 0 saturated heterocycles. The maximum atomic E-state index is 14.3. The molecule has 9 heteroatoms. The van der Waals surface area contributed by atoms with E-state index in [1.54, 1.807) is 47.7 Å². The summed E-state index contributed by atoms with van der Waals surface area (Å²) in [5.74, 6) is 0.944. The van der Waals surface area contributed by atoms with Gasteiger partial charge in [0.1, 0.15) is 29.5 Å². The van der Waals surface area contributed by atoms with Crippen LogP contribution in [0.3, 0.4) is 0 Å². The van der Waals surface area contributed by atoms with Crippen LogP contribution in [-0.2, 0) is 6.54 Å². The molecule has 0 aliphatic carbocycles. The van der Waals surface area contributed by atoms with Crippen LogP contribution < -0.4 is 4.74 Å². The van der Waals surface area contributed by atoms with E-state index in [9.17, 15) is 4.39 Å². The lowest BCUT2D eigenvalue weighted by Crippen LogP contribution is -2.10. The Balaban J connectivity index is 2.07. The van der Waals surface area contributed by atoms with Crippen molar-refractivity contribution >= 4 is 17.4 Å². The van der Waals surface area contributed by atoms with Crippen LogP contribution in [0.15, 0.2) is 36.7 Å². The molecule has 3 heterocycles. The minimum Gasteiger partial charge on any atom is -0.488 e. The molecule has 0 atom stereocenters. The number of fused-ring (bicyclic) bond motifs is 1. The zero-order chi connectivity index (χ0) is 19.4. The number of hydrogen-bond donors (Lipinski definition) is 1. The minimum atomic E-state index is -0.526. The maximum Gasteiger partial charge on any atom is 0.201 e. The number of aryl methyl sites for hydroxylation is 1. The number of allylic oxidation sites excluding steroid dienone is 4. The first-order valence-electron chi connectivity index (χ1n) is 8.47. The Morgan fingerprint density at radius 3 is 2.89 bits per heavy atom. The number of ether oxygens (including phenoxy) is 1. The molecule has 0 fully saturated rings. The van der Waals surface area contributed by atoms with Crippen molar-refractivity contribution < 1.29 is 9.13 Å². The molecular weight excluding hydrogens is 349 g/mol. The van der Waals surface area contributed by atoms with E-state index in [0.717, 1.165) is 6.21 Å². The van der Waals surface area contributed by atoms with Gasteiger partial charge in [0.2, 0.25) is 5.65 Å².